The van der Waals surface area contributed by atoms with Crippen molar-refractivity contribution in [3.05, 3.63) is 0 Å². The van der Waals surface area contributed by atoms with E-state index in [9.17, 15) is 22.8 Å². The summed E-state index contributed by atoms with van der Waals surface area (Å²) in [5.41, 5.74) is -0.883. The maximum atomic E-state index is 12.3. The maximum absolute atomic E-state index is 12.3. The fourth-order valence-electron chi connectivity index (χ4n) is 1.26. The van der Waals surface area contributed by atoms with Crippen LogP contribution in [0.3, 0.4) is 0 Å². The second kappa shape index (κ2) is 3.64. The summed E-state index contributed by atoms with van der Waals surface area (Å²) in [4.78, 5) is 22.5. The molecule has 1 heterocycles. The van der Waals surface area contributed by atoms with Crippen LogP contribution in [0.4, 0.5) is 18.0 Å². The molecule has 7 heteroatoms. The zero-order valence-electron chi connectivity index (χ0n) is 9.09. The van der Waals surface area contributed by atoms with Crippen LogP contribution in [-0.4, -0.2) is 41.1 Å². The first-order valence-corrected chi connectivity index (χ1v) is 4.61. The third kappa shape index (κ3) is 2.65. The Labute approximate surface area is 90.3 Å². The Kier molecular flexibility index (Phi) is 2.91. The Bertz CT molecular complexity index is 319. The topological polar surface area (TPSA) is 46.6 Å². The van der Waals surface area contributed by atoms with Crippen molar-refractivity contribution < 1.29 is 27.5 Å². The Hall–Kier alpha value is -1.27. The van der Waals surface area contributed by atoms with Gasteiger partial charge in [0.2, 0.25) is 0 Å². The maximum Gasteiger partial charge on any atom is 0.416 e. The summed E-state index contributed by atoms with van der Waals surface area (Å²) in [7, 11) is 0. The molecule has 1 aliphatic heterocycles. The van der Waals surface area contributed by atoms with E-state index in [2.05, 4.69) is 0 Å². The Morgan fingerprint density at radius 1 is 1.38 bits per heavy atom. The van der Waals surface area contributed by atoms with Gasteiger partial charge in [0.05, 0.1) is 6.54 Å². The second-order valence-electron chi connectivity index (χ2n) is 4.52. The third-order valence-corrected chi connectivity index (χ3v) is 1.88. The molecule has 0 spiro atoms. The summed E-state index contributed by atoms with van der Waals surface area (Å²) < 4.78 is 41.7. The highest BCUT2D eigenvalue weighted by Gasteiger charge is 2.58. The van der Waals surface area contributed by atoms with Crippen molar-refractivity contribution in [1.82, 2.24) is 4.90 Å². The normalized spacial score (nSPS) is 21.8. The second-order valence-corrected chi connectivity index (χ2v) is 4.52. The molecule has 1 unspecified atom stereocenters. The molecule has 0 aromatic carbocycles. The van der Waals surface area contributed by atoms with Crippen molar-refractivity contribution in [3.8, 4) is 0 Å². The first-order valence-electron chi connectivity index (χ1n) is 4.61. The van der Waals surface area contributed by atoms with Gasteiger partial charge in [0, 0.05) is 0 Å². The number of likely N-dealkylation sites (tertiary alicyclic amines) is 1. The third-order valence-electron chi connectivity index (χ3n) is 1.88. The zero-order valence-corrected chi connectivity index (χ0v) is 9.09. The van der Waals surface area contributed by atoms with E-state index < -0.39 is 36.2 Å². The van der Waals surface area contributed by atoms with E-state index in [1.807, 2.05) is 0 Å². The summed E-state index contributed by atoms with van der Waals surface area (Å²) in [5.74, 6) is -1.02. The van der Waals surface area contributed by atoms with Gasteiger partial charge >= 0.3 is 12.3 Å². The molecule has 0 aromatic heterocycles. The van der Waals surface area contributed by atoms with Gasteiger partial charge in [-0.15, -0.1) is 0 Å². The molecule has 1 saturated heterocycles. The van der Waals surface area contributed by atoms with Crippen LogP contribution in [0.2, 0.25) is 0 Å². The number of rotatable bonds is 0. The molecule has 0 bridgehead atoms. The molecule has 0 N–H and O–H groups in total. The molecule has 92 valence electrons. The van der Waals surface area contributed by atoms with E-state index in [4.69, 9.17) is 4.74 Å². The van der Waals surface area contributed by atoms with Gasteiger partial charge in [-0.2, -0.15) is 13.2 Å². The predicted molar refractivity (Wildman–Crippen MR) is 47.8 cm³/mol. The first-order chi connectivity index (χ1) is 7.02. The highest BCUT2D eigenvalue weighted by molar-refractivity contribution is 5.98. The van der Waals surface area contributed by atoms with Crippen LogP contribution in [0.15, 0.2) is 0 Å². The predicted octanol–water partition coefficient (Wildman–Crippen LogP) is 1.74. The summed E-state index contributed by atoms with van der Waals surface area (Å²) in [6.45, 7) is 4.07. The van der Waals surface area contributed by atoms with Crippen LogP contribution in [0.5, 0.6) is 0 Å². The van der Waals surface area contributed by atoms with Crippen LogP contribution in [0, 0.1) is 0 Å². The number of hydrogen-bond acceptors (Lipinski definition) is 3. The highest BCUT2D eigenvalue weighted by atomic mass is 19.4. The van der Waals surface area contributed by atoms with Gasteiger partial charge in [-0.05, 0) is 20.8 Å². The summed E-state index contributed by atoms with van der Waals surface area (Å²) in [5, 5.41) is 0. The lowest BCUT2D eigenvalue weighted by molar-refractivity contribution is -0.202. The van der Waals surface area contributed by atoms with Gasteiger partial charge < -0.3 is 4.74 Å². The van der Waals surface area contributed by atoms with Gasteiger partial charge in [0.15, 0.2) is 11.8 Å². The minimum Gasteiger partial charge on any atom is -0.444 e. The molecular weight excluding hydrogens is 227 g/mol. The van der Waals surface area contributed by atoms with Crippen molar-refractivity contribution in [1.29, 1.82) is 0 Å². The van der Waals surface area contributed by atoms with E-state index in [1.54, 1.807) is 0 Å². The van der Waals surface area contributed by atoms with Gasteiger partial charge in [0.1, 0.15) is 5.60 Å². The number of carbonyl (C=O) groups is 2. The summed E-state index contributed by atoms with van der Waals surface area (Å²) in [6, 6.07) is -2.35. The van der Waals surface area contributed by atoms with E-state index >= 15 is 0 Å². The average Bonchev–Trinajstić information content (AvgIpc) is 1.92. The Balaban J connectivity index is 2.70. The quantitative estimate of drug-likeness (QED) is 0.646. The number of amides is 1. The van der Waals surface area contributed by atoms with E-state index in [-0.39, 0.29) is 0 Å². The SMILES string of the molecule is CC(C)(C)OC(=O)N1CC(=O)C1C(F)(F)F. The monoisotopic (exact) mass is 239 g/mol. The molecule has 4 nitrogen and oxygen atoms in total. The fourth-order valence-corrected chi connectivity index (χ4v) is 1.26. The van der Waals surface area contributed by atoms with E-state index in [0.717, 1.165) is 0 Å². The molecule has 1 amide bonds. The lowest BCUT2D eigenvalue weighted by atomic mass is 10.0. The Morgan fingerprint density at radius 2 is 1.88 bits per heavy atom. The minimum absolute atomic E-state index is 0.383. The van der Waals surface area contributed by atoms with E-state index in [0.29, 0.717) is 4.90 Å². The zero-order chi connectivity index (χ0) is 12.7. The number of halogens is 3. The minimum atomic E-state index is -4.73. The fraction of sp³-hybridized carbons (Fsp3) is 0.778. The molecular formula is C9H12F3NO3. The Morgan fingerprint density at radius 3 is 2.19 bits per heavy atom. The van der Waals surface area contributed by atoms with Crippen molar-refractivity contribution >= 4 is 11.9 Å². The first kappa shape index (κ1) is 12.8. The smallest absolute Gasteiger partial charge is 0.416 e. The standard InChI is InChI=1S/C9H12F3NO3/c1-8(2,3)16-7(15)13-4-5(14)6(13)9(10,11)12/h6H,4H2,1-3H3. The van der Waals surface area contributed by atoms with Crippen LogP contribution >= 0.6 is 0 Å². The van der Waals surface area contributed by atoms with Crippen LogP contribution in [-0.2, 0) is 9.53 Å². The molecule has 1 fully saturated rings. The van der Waals surface area contributed by atoms with Crippen LogP contribution < -0.4 is 0 Å². The molecule has 16 heavy (non-hydrogen) atoms. The highest BCUT2D eigenvalue weighted by Crippen LogP contribution is 2.32. The van der Waals surface area contributed by atoms with Crippen LogP contribution in [0.25, 0.3) is 0 Å². The number of alkyl halides is 3. The van der Waals surface area contributed by atoms with Crippen LogP contribution in [0.1, 0.15) is 20.8 Å². The number of ketones is 1. The average molecular weight is 239 g/mol. The number of nitrogens with zero attached hydrogens (tertiary/aromatic N) is 1. The van der Waals surface area contributed by atoms with Crippen molar-refractivity contribution in [3.63, 3.8) is 0 Å². The molecule has 0 radical (unpaired) electrons. The molecule has 1 aliphatic rings. The van der Waals surface area contributed by atoms with Gasteiger partial charge in [-0.25, -0.2) is 4.79 Å². The molecule has 1 rings (SSSR count). The lowest BCUT2D eigenvalue weighted by Gasteiger charge is -2.40. The van der Waals surface area contributed by atoms with Crippen molar-refractivity contribution in [2.45, 2.75) is 38.6 Å². The number of Topliss-reactive ketones (excluding diaryl/α,β-unsaturated/α-hetero) is 1. The number of carbonyl (C=O) groups excluding carboxylic acids is 2. The molecule has 0 saturated carbocycles. The van der Waals surface area contributed by atoms with Crippen molar-refractivity contribution in [2.75, 3.05) is 6.54 Å². The van der Waals surface area contributed by atoms with Gasteiger partial charge in [0.25, 0.3) is 0 Å². The number of hydrogen-bond donors (Lipinski definition) is 0. The summed E-state index contributed by atoms with van der Waals surface area (Å²) >= 11 is 0. The van der Waals surface area contributed by atoms with Gasteiger partial charge in [-0.3, -0.25) is 9.69 Å². The molecule has 0 aliphatic carbocycles. The summed E-state index contributed by atoms with van der Waals surface area (Å²) in [6.07, 6.45) is -5.85. The largest absolute Gasteiger partial charge is 0.444 e. The molecule has 1 atom stereocenters. The van der Waals surface area contributed by atoms with E-state index in [1.165, 1.54) is 20.8 Å². The van der Waals surface area contributed by atoms with Gasteiger partial charge in [-0.1, -0.05) is 0 Å². The van der Waals surface area contributed by atoms with Crippen molar-refractivity contribution in [2.24, 2.45) is 0 Å². The lowest BCUT2D eigenvalue weighted by Crippen LogP contribution is -2.66. The number of ether oxygens (including phenoxy) is 1. The molecule has 0 aromatic rings.